The van der Waals surface area contributed by atoms with Gasteiger partial charge in [-0.3, -0.25) is 9.59 Å². The minimum absolute atomic E-state index is 0.00143. The summed E-state index contributed by atoms with van der Waals surface area (Å²) in [5.74, 6) is -0.650. The maximum Gasteiger partial charge on any atom is 0.306 e. The Balaban J connectivity index is 2.41. The molecule has 0 saturated heterocycles. The Morgan fingerprint density at radius 1 is 1.16 bits per heavy atom. The third kappa shape index (κ3) is 6.54. The van der Waals surface area contributed by atoms with Crippen LogP contribution in [0.2, 0.25) is 0 Å². The number of anilines is 3. The summed E-state index contributed by atoms with van der Waals surface area (Å²) < 4.78 is 27.8. The number of rotatable bonds is 9. The van der Waals surface area contributed by atoms with Crippen LogP contribution < -0.4 is 25.9 Å². The van der Waals surface area contributed by atoms with Crippen LogP contribution in [0.5, 0.6) is 5.75 Å². The summed E-state index contributed by atoms with van der Waals surface area (Å²) in [4.78, 5) is 32.3. The summed E-state index contributed by atoms with van der Waals surface area (Å²) in [7, 11) is -2.42. The highest BCUT2D eigenvalue weighted by molar-refractivity contribution is 7.86. The van der Waals surface area contributed by atoms with Crippen molar-refractivity contribution in [2.75, 3.05) is 23.9 Å². The number of hydrogen-bond donors (Lipinski definition) is 4. The maximum atomic E-state index is 12.2. The molecule has 5 N–H and O–H groups in total. The van der Waals surface area contributed by atoms with E-state index in [0.717, 1.165) is 6.26 Å². The molecule has 11 nitrogen and oxygen atoms in total. The molecule has 1 atom stereocenters. The van der Waals surface area contributed by atoms with Crippen LogP contribution in [0.25, 0.3) is 0 Å². The van der Waals surface area contributed by atoms with Crippen LogP contribution >= 0.6 is 0 Å². The SMILES string of the molecule is CNC(=O)c1cc(Nc2ncc(C(N)=O)c(N[C@H](C)C(C)C)n2)ccc1OS(C)(=O)=O. The monoisotopic (exact) mass is 450 g/mol. The van der Waals surface area contributed by atoms with Crippen LogP contribution in [0.3, 0.4) is 0 Å². The van der Waals surface area contributed by atoms with Crippen molar-refractivity contribution in [2.24, 2.45) is 11.7 Å². The third-order valence-corrected chi connectivity index (χ3v) is 4.85. The highest BCUT2D eigenvalue weighted by atomic mass is 32.2. The number of nitrogens with one attached hydrogen (secondary N) is 3. The Morgan fingerprint density at radius 2 is 1.84 bits per heavy atom. The van der Waals surface area contributed by atoms with Crippen LogP contribution in [-0.2, 0) is 10.1 Å². The van der Waals surface area contributed by atoms with Gasteiger partial charge in [-0.1, -0.05) is 13.8 Å². The fourth-order valence-electron chi connectivity index (χ4n) is 2.40. The van der Waals surface area contributed by atoms with E-state index in [1.165, 1.54) is 31.4 Å². The lowest BCUT2D eigenvalue weighted by molar-refractivity contribution is 0.0960. The number of carbonyl (C=O) groups excluding carboxylic acids is 2. The number of aromatic nitrogens is 2. The summed E-state index contributed by atoms with van der Waals surface area (Å²) >= 11 is 0. The highest BCUT2D eigenvalue weighted by Crippen LogP contribution is 2.26. The molecule has 31 heavy (non-hydrogen) atoms. The van der Waals surface area contributed by atoms with Gasteiger partial charge in [0.2, 0.25) is 5.95 Å². The van der Waals surface area contributed by atoms with Gasteiger partial charge in [0.25, 0.3) is 11.8 Å². The van der Waals surface area contributed by atoms with E-state index in [4.69, 9.17) is 9.92 Å². The van der Waals surface area contributed by atoms with E-state index < -0.39 is 21.9 Å². The van der Waals surface area contributed by atoms with Gasteiger partial charge in [0, 0.05) is 25.0 Å². The molecule has 0 aliphatic heterocycles. The molecule has 2 rings (SSSR count). The molecule has 1 aromatic heterocycles. The van der Waals surface area contributed by atoms with Crippen LogP contribution in [0, 0.1) is 5.92 Å². The van der Waals surface area contributed by atoms with Crippen LogP contribution in [-0.4, -0.2) is 49.5 Å². The Bertz CT molecular complexity index is 1090. The molecule has 2 aromatic rings. The molecular weight excluding hydrogens is 424 g/mol. The fraction of sp³-hybridized carbons (Fsp3) is 0.368. The lowest BCUT2D eigenvalue weighted by Gasteiger charge is -2.20. The molecule has 1 aromatic carbocycles. The zero-order valence-corrected chi connectivity index (χ0v) is 18.7. The largest absolute Gasteiger partial charge is 0.382 e. The summed E-state index contributed by atoms with van der Waals surface area (Å²) in [6.45, 7) is 5.98. The fourth-order valence-corrected chi connectivity index (χ4v) is 2.87. The molecule has 12 heteroatoms. The summed E-state index contributed by atoms with van der Waals surface area (Å²) in [6, 6.07) is 4.25. The number of primary amides is 1. The van der Waals surface area contributed by atoms with Gasteiger partial charge in [-0.05, 0) is 31.0 Å². The Hall–Kier alpha value is -3.41. The quantitative estimate of drug-likeness (QED) is 0.414. The van der Waals surface area contributed by atoms with Gasteiger partial charge in [0.05, 0.1) is 17.4 Å². The first-order valence-corrected chi connectivity index (χ1v) is 11.2. The van der Waals surface area contributed by atoms with Gasteiger partial charge in [0.1, 0.15) is 5.82 Å². The molecule has 0 fully saturated rings. The van der Waals surface area contributed by atoms with Gasteiger partial charge >= 0.3 is 10.1 Å². The molecule has 168 valence electrons. The second-order valence-corrected chi connectivity index (χ2v) is 8.77. The van der Waals surface area contributed by atoms with Crippen molar-refractivity contribution in [1.29, 1.82) is 0 Å². The Kier molecular flexibility index (Phi) is 7.39. The standard InChI is InChI=1S/C19H26N6O5S/c1-10(2)11(3)23-17-14(16(20)26)9-22-19(25-17)24-12-6-7-15(30-31(5,28)29)13(8-12)18(27)21-4/h6-11H,1-5H3,(H2,20,26)(H,21,27)(H2,22,23,24,25)/t11-/m1/s1. The van der Waals surface area contributed by atoms with E-state index in [1.807, 2.05) is 20.8 Å². The molecule has 0 bridgehead atoms. The van der Waals surface area contributed by atoms with Crippen LogP contribution in [0.15, 0.2) is 24.4 Å². The van der Waals surface area contributed by atoms with Gasteiger partial charge in [-0.2, -0.15) is 13.4 Å². The average molecular weight is 451 g/mol. The lowest BCUT2D eigenvalue weighted by Crippen LogP contribution is -2.25. The first kappa shape index (κ1) is 23.9. The topological polar surface area (TPSA) is 165 Å². The van der Waals surface area contributed by atoms with E-state index in [0.29, 0.717) is 5.69 Å². The predicted octanol–water partition coefficient (Wildman–Crippen LogP) is 1.47. The molecule has 0 unspecified atom stereocenters. The molecule has 0 saturated carbocycles. The van der Waals surface area contributed by atoms with E-state index in [9.17, 15) is 18.0 Å². The minimum Gasteiger partial charge on any atom is -0.382 e. The number of carbonyl (C=O) groups is 2. The second kappa shape index (κ2) is 9.60. The van der Waals surface area contributed by atoms with Gasteiger partial charge in [0.15, 0.2) is 5.75 Å². The molecule has 2 amide bonds. The zero-order chi connectivity index (χ0) is 23.3. The van der Waals surface area contributed by atoms with Crippen LogP contribution in [0.1, 0.15) is 41.5 Å². The molecule has 1 heterocycles. The summed E-state index contributed by atoms with van der Waals surface area (Å²) in [6.07, 6.45) is 2.18. The molecule has 0 radical (unpaired) electrons. The van der Waals surface area contributed by atoms with Crippen molar-refractivity contribution in [3.8, 4) is 5.75 Å². The Labute approximate surface area is 180 Å². The summed E-state index contributed by atoms with van der Waals surface area (Å²) in [5.41, 5.74) is 5.95. The average Bonchev–Trinajstić information content (AvgIpc) is 2.67. The first-order chi connectivity index (χ1) is 14.4. The van der Waals surface area contributed by atoms with Crippen LogP contribution in [0.4, 0.5) is 17.5 Å². The van der Waals surface area contributed by atoms with Crippen molar-refractivity contribution < 1.29 is 22.2 Å². The first-order valence-electron chi connectivity index (χ1n) is 9.37. The minimum atomic E-state index is -3.83. The van der Waals surface area contributed by atoms with Gasteiger partial charge in [-0.25, -0.2) is 4.98 Å². The second-order valence-electron chi connectivity index (χ2n) is 7.20. The van der Waals surface area contributed by atoms with Crippen molar-refractivity contribution in [3.63, 3.8) is 0 Å². The molecule has 0 spiro atoms. The lowest BCUT2D eigenvalue weighted by atomic mass is 10.1. The van der Waals surface area contributed by atoms with E-state index >= 15 is 0 Å². The normalized spacial score (nSPS) is 12.2. The van der Waals surface area contributed by atoms with Crippen molar-refractivity contribution in [2.45, 2.75) is 26.8 Å². The van der Waals surface area contributed by atoms with E-state index in [2.05, 4.69) is 25.9 Å². The number of hydrogen-bond acceptors (Lipinski definition) is 9. The molecule has 0 aliphatic carbocycles. The molecular formula is C19H26N6O5S. The van der Waals surface area contributed by atoms with Crippen molar-refractivity contribution in [3.05, 3.63) is 35.5 Å². The van der Waals surface area contributed by atoms with Gasteiger partial charge < -0.3 is 25.9 Å². The zero-order valence-electron chi connectivity index (χ0n) is 17.9. The van der Waals surface area contributed by atoms with Crippen molar-refractivity contribution in [1.82, 2.24) is 15.3 Å². The third-order valence-electron chi connectivity index (χ3n) is 4.37. The van der Waals surface area contributed by atoms with Gasteiger partial charge in [-0.15, -0.1) is 0 Å². The van der Waals surface area contributed by atoms with Crippen molar-refractivity contribution >= 4 is 39.4 Å². The number of amides is 2. The van der Waals surface area contributed by atoms with E-state index in [-0.39, 0.29) is 40.6 Å². The predicted molar refractivity (Wildman–Crippen MR) is 117 cm³/mol. The summed E-state index contributed by atoms with van der Waals surface area (Å²) in [5, 5.41) is 8.50. The van der Waals surface area contributed by atoms with E-state index in [1.54, 1.807) is 0 Å². The highest BCUT2D eigenvalue weighted by Gasteiger charge is 2.18. The number of nitrogens with two attached hydrogens (primary N) is 1. The number of benzene rings is 1. The maximum absolute atomic E-state index is 12.2. The Morgan fingerprint density at radius 3 is 2.39 bits per heavy atom. The molecule has 0 aliphatic rings. The smallest absolute Gasteiger partial charge is 0.306 e. The number of nitrogens with zero attached hydrogens (tertiary/aromatic N) is 2.